The van der Waals surface area contributed by atoms with Crippen molar-refractivity contribution in [3.63, 3.8) is 0 Å². The lowest BCUT2D eigenvalue weighted by molar-refractivity contribution is -0.137. The van der Waals surface area contributed by atoms with Crippen LogP contribution >= 0.6 is 0 Å². The van der Waals surface area contributed by atoms with Crippen LogP contribution in [0, 0.1) is 0 Å². The predicted octanol–water partition coefficient (Wildman–Crippen LogP) is 2.22. The summed E-state index contributed by atoms with van der Waals surface area (Å²) < 4.78 is 0. The molecule has 1 rings (SSSR count). The number of hydrogen-bond donors (Lipinski definition) is 2. The number of rotatable bonds is 6. The Labute approximate surface area is 93.5 Å². The fraction of sp³-hybridized carbons (Fsp3) is 0.333. The zero-order valence-corrected chi connectivity index (χ0v) is 8.85. The summed E-state index contributed by atoms with van der Waals surface area (Å²) in [5.41, 5.74) is 0.468. The first-order valence-corrected chi connectivity index (χ1v) is 5.13. The maximum Gasteiger partial charge on any atom is 0.303 e. The first-order chi connectivity index (χ1) is 7.59. The minimum absolute atomic E-state index is 0.0661. The molecule has 0 aliphatic carbocycles. The summed E-state index contributed by atoms with van der Waals surface area (Å²) in [6, 6.07) is 6.17. The Morgan fingerprint density at radius 2 is 1.81 bits per heavy atom. The second kappa shape index (κ2) is 5.90. The van der Waals surface area contributed by atoms with Crippen molar-refractivity contribution >= 4 is 11.8 Å². The molecular weight excluding hydrogens is 208 g/mol. The molecule has 0 bridgehead atoms. The van der Waals surface area contributed by atoms with Crippen LogP contribution in [0.4, 0.5) is 0 Å². The van der Waals surface area contributed by atoms with Gasteiger partial charge in [0.25, 0.3) is 0 Å². The minimum Gasteiger partial charge on any atom is -0.508 e. The number of hydrogen-bond acceptors (Lipinski definition) is 3. The standard InChI is InChI=1S/C12H14O4/c13-10-5-3-4-9(8-10)11(14)6-1-2-7-12(15)16/h3-5,8,13H,1-2,6-7H2,(H,15,16). The van der Waals surface area contributed by atoms with E-state index in [0.717, 1.165) is 0 Å². The third-order valence-electron chi connectivity index (χ3n) is 2.21. The second-order valence-electron chi connectivity index (χ2n) is 3.57. The van der Waals surface area contributed by atoms with Gasteiger partial charge in [0.05, 0.1) is 0 Å². The molecule has 0 saturated carbocycles. The van der Waals surface area contributed by atoms with Crippen LogP contribution in [-0.2, 0) is 4.79 Å². The van der Waals surface area contributed by atoms with Gasteiger partial charge >= 0.3 is 5.97 Å². The van der Waals surface area contributed by atoms with Gasteiger partial charge in [0.2, 0.25) is 0 Å². The van der Waals surface area contributed by atoms with E-state index in [1.807, 2.05) is 0 Å². The van der Waals surface area contributed by atoms with Crippen LogP contribution in [0.2, 0.25) is 0 Å². The molecule has 0 saturated heterocycles. The summed E-state index contributed by atoms with van der Waals surface area (Å²) in [6.45, 7) is 0. The highest BCUT2D eigenvalue weighted by Crippen LogP contribution is 2.14. The lowest BCUT2D eigenvalue weighted by Gasteiger charge is -2.01. The molecule has 86 valence electrons. The number of Topliss-reactive ketones (excluding diaryl/α,β-unsaturated/α-hetero) is 1. The maximum absolute atomic E-state index is 11.6. The number of carbonyl (C=O) groups is 2. The molecule has 4 heteroatoms. The number of phenols is 1. The zero-order chi connectivity index (χ0) is 12.0. The number of unbranched alkanes of at least 4 members (excludes halogenated alkanes) is 1. The number of carboxylic acid groups (broad SMARTS) is 1. The fourth-order valence-corrected chi connectivity index (χ4v) is 1.39. The summed E-state index contributed by atoms with van der Waals surface area (Å²) in [4.78, 5) is 21.8. The predicted molar refractivity (Wildman–Crippen MR) is 58.5 cm³/mol. The Morgan fingerprint density at radius 3 is 2.44 bits per heavy atom. The first kappa shape index (κ1) is 12.2. The van der Waals surface area contributed by atoms with Crippen molar-refractivity contribution in [2.75, 3.05) is 0 Å². The highest BCUT2D eigenvalue weighted by atomic mass is 16.4. The molecule has 0 aromatic heterocycles. The molecule has 0 heterocycles. The minimum atomic E-state index is -0.843. The average molecular weight is 222 g/mol. The van der Waals surface area contributed by atoms with Gasteiger partial charge < -0.3 is 10.2 Å². The molecule has 0 aliphatic rings. The number of carbonyl (C=O) groups excluding carboxylic acids is 1. The molecule has 0 aliphatic heterocycles. The molecule has 0 amide bonds. The van der Waals surface area contributed by atoms with E-state index >= 15 is 0 Å². The molecule has 0 spiro atoms. The van der Waals surface area contributed by atoms with Crippen LogP contribution < -0.4 is 0 Å². The van der Waals surface area contributed by atoms with Crippen molar-refractivity contribution in [2.24, 2.45) is 0 Å². The highest BCUT2D eigenvalue weighted by Gasteiger charge is 2.06. The molecule has 16 heavy (non-hydrogen) atoms. The summed E-state index contributed by atoms with van der Waals surface area (Å²) in [6.07, 6.45) is 1.46. The Balaban J connectivity index is 2.38. The van der Waals surface area contributed by atoms with Crippen molar-refractivity contribution in [3.8, 4) is 5.75 Å². The van der Waals surface area contributed by atoms with Crippen molar-refractivity contribution in [2.45, 2.75) is 25.7 Å². The largest absolute Gasteiger partial charge is 0.508 e. The van der Waals surface area contributed by atoms with E-state index in [9.17, 15) is 14.7 Å². The smallest absolute Gasteiger partial charge is 0.303 e. The van der Waals surface area contributed by atoms with Crippen LogP contribution in [0.3, 0.4) is 0 Å². The van der Waals surface area contributed by atoms with Crippen molar-refractivity contribution in [1.82, 2.24) is 0 Å². The highest BCUT2D eigenvalue weighted by molar-refractivity contribution is 5.96. The third-order valence-corrected chi connectivity index (χ3v) is 2.21. The number of aromatic hydroxyl groups is 1. The molecule has 1 aromatic carbocycles. The quantitative estimate of drug-likeness (QED) is 0.571. The summed E-state index contributed by atoms with van der Waals surface area (Å²) >= 11 is 0. The molecule has 0 fully saturated rings. The summed E-state index contributed by atoms with van der Waals surface area (Å²) in [5, 5.41) is 17.6. The maximum atomic E-state index is 11.6. The summed E-state index contributed by atoms with van der Waals surface area (Å²) in [5.74, 6) is -0.845. The van der Waals surface area contributed by atoms with Gasteiger partial charge in [0.15, 0.2) is 5.78 Å². The lowest BCUT2D eigenvalue weighted by atomic mass is 10.0. The van der Waals surface area contributed by atoms with Crippen LogP contribution in [0.5, 0.6) is 5.75 Å². The first-order valence-electron chi connectivity index (χ1n) is 5.13. The van der Waals surface area contributed by atoms with Crippen LogP contribution in [-0.4, -0.2) is 22.0 Å². The third kappa shape index (κ3) is 4.13. The molecular formula is C12H14O4. The molecule has 0 atom stereocenters. The lowest BCUT2D eigenvalue weighted by Crippen LogP contribution is -2.00. The van der Waals surface area contributed by atoms with E-state index in [1.165, 1.54) is 12.1 Å². The second-order valence-corrected chi connectivity index (χ2v) is 3.57. The van der Waals surface area contributed by atoms with E-state index in [0.29, 0.717) is 24.8 Å². The van der Waals surface area contributed by atoms with E-state index in [2.05, 4.69) is 0 Å². The molecule has 0 unspecified atom stereocenters. The summed E-state index contributed by atoms with van der Waals surface area (Å²) in [7, 11) is 0. The van der Waals surface area contributed by atoms with Gasteiger partial charge in [0.1, 0.15) is 5.75 Å². The Kier molecular flexibility index (Phi) is 4.51. The SMILES string of the molecule is O=C(O)CCCCC(=O)c1cccc(O)c1. The average Bonchev–Trinajstić information content (AvgIpc) is 2.24. The topological polar surface area (TPSA) is 74.6 Å². The number of carboxylic acids is 1. The van der Waals surface area contributed by atoms with Crippen LogP contribution in [0.15, 0.2) is 24.3 Å². The van der Waals surface area contributed by atoms with Crippen LogP contribution in [0.1, 0.15) is 36.0 Å². The number of ketones is 1. The number of aliphatic carboxylic acids is 1. The van der Waals surface area contributed by atoms with Crippen molar-refractivity contribution < 1.29 is 19.8 Å². The Hall–Kier alpha value is -1.84. The van der Waals surface area contributed by atoms with E-state index in [-0.39, 0.29) is 18.0 Å². The molecule has 1 aromatic rings. The van der Waals surface area contributed by atoms with E-state index in [4.69, 9.17) is 5.11 Å². The Bertz CT molecular complexity index is 384. The molecule has 2 N–H and O–H groups in total. The van der Waals surface area contributed by atoms with Gasteiger partial charge in [-0.05, 0) is 25.0 Å². The number of benzene rings is 1. The van der Waals surface area contributed by atoms with Crippen molar-refractivity contribution in [3.05, 3.63) is 29.8 Å². The zero-order valence-electron chi connectivity index (χ0n) is 8.85. The number of phenolic OH excluding ortho intramolecular Hbond substituents is 1. The Morgan fingerprint density at radius 1 is 1.12 bits per heavy atom. The van der Waals surface area contributed by atoms with Gasteiger partial charge in [-0.15, -0.1) is 0 Å². The van der Waals surface area contributed by atoms with Crippen molar-refractivity contribution in [1.29, 1.82) is 0 Å². The van der Waals surface area contributed by atoms with E-state index < -0.39 is 5.97 Å². The monoisotopic (exact) mass is 222 g/mol. The fourth-order valence-electron chi connectivity index (χ4n) is 1.39. The van der Waals surface area contributed by atoms with Gasteiger partial charge in [-0.2, -0.15) is 0 Å². The molecule has 4 nitrogen and oxygen atoms in total. The van der Waals surface area contributed by atoms with Gasteiger partial charge in [-0.3, -0.25) is 9.59 Å². The van der Waals surface area contributed by atoms with Gasteiger partial charge in [0, 0.05) is 18.4 Å². The van der Waals surface area contributed by atoms with Gasteiger partial charge in [-0.25, -0.2) is 0 Å². The van der Waals surface area contributed by atoms with Gasteiger partial charge in [-0.1, -0.05) is 12.1 Å². The van der Waals surface area contributed by atoms with Crippen LogP contribution in [0.25, 0.3) is 0 Å². The normalized spacial score (nSPS) is 10.0. The van der Waals surface area contributed by atoms with E-state index in [1.54, 1.807) is 12.1 Å². The molecule has 0 radical (unpaired) electrons.